The summed E-state index contributed by atoms with van der Waals surface area (Å²) in [5, 5.41) is 8.81. The Morgan fingerprint density at radius 3 is 2.65 bits per heavy atom. The summed E-state index contributed by atoms with van der Waals surface area (Å²) < 4.78 is 2.76. The van der Waals surface area contributed by atoms with Gasteiger partial charge in [0.25, 0.3) is 0 Å². The van der Waals surface area contributed by atoms with Crippen molar-refractivity contribution in [2.75, 3.05) is 42.9 Å². The second-order valence-electron chi connectivity index (χ2n) is 5.55. The molecule has 1 aliphatic rings. The van der Waals surface area contributed by atoms with Crippen molar-refractivity contribution in [1.82, 2.24) is 19.7 Å². The van der Waals surface area contributed by atoms with Crippen LogP contribution in [0.15, 0.2) is 24.5 Å². The van der Waals surface area contributed by atoms with Gasteiger partial charge < -0.3 is 10.2 Å². The van der Waals surface area contributed by atoms with Gasteiger partial charge in [0.15, 0.2) is 3.95 Å². The normalized spacial score (nSPS) is 15.8. The number of nitrogens with zero attached hydrogens (tertiary/aromatic N) is 5. The van der Waals surface area contributed by atoms with Crippen molar-refractivity contribution in [1.29, 1.82) is 0 Å². The molecule has 8 heteroatoms. The number of hydrogen-bond donors (Lipinski definition) is 1. The monoisotopic (exact) mass is 350 g/mol. The Bertz CT molecular complexity index is 660. The Hall–Kier alpha value is -1.51. The van der Waals surface area contributed by atoms with Gasteiger partial charge >= 0.3 is 0 Å². The molecule has 23 heavy (non-hydrogen) atoms. The van der Waals surface area contributed by atoms with E-state index in [2.05, 4.69) is 44.3 Å². The third-order valence-corrected chi connectivity index (χ3v) is 5.13. The molecule has 1 N–H and O–H groups in total. The zero-order chi connectivity index (χ0) is 16.1. The molecule has 1 aliphatic heterocycles. The fraction of sp³-hybridized carbons (Fsp3) is 0.533. The van der Waals surface area contributed by atoms with E-state index in [1.807, 2.05) is 17.1 Å². The molecular formula is C15H22N6S2. The molecule has 3 heterocycles. The summed E-state index contributed by atoms with van der Waals surface area (Å²) in [6, 6.07) is 4.13. The van der Waals surface area contributed by atoms with Crippen LogP contribution in [0, 0.1) is 3.95 Å². The van der Waals surface area contributed by atoms with E-state index in [1.54, 1.807) is 11.3 Å². The molecule has 3 rings (SSSR count). The predicted octanol–water partition coefficient (Wildman–Crippen LogP) is 2.67. The van der Waals surface area contributed by atoms with E-state index >= 15 is 0 Å². The van der Waals surface area contributed by atoms with Gasteiger partial charge in [0.1, 0.15) is 0 Å². The number of piperazine rings is 1. The first-order chi connectivity index (χ1) is 11.3. The molecule has 124 valence electrons. The van der Waals surface area contributed by atoms with Gasteiger partial charge in [-0.25, -0.2) is 4.68 Å². The minimum atomic E-state index is 0.771. The van der Waals surface area contributed by atoms with Gasteiger partial charge in [-0.3, -0.25) is 9.88 Å². The lowest BCUT2D eigenvalue weighted by Crippen LogP contribution is -2.46. The van der Waals surface area contributed by atoms with E-state index in [-0.39, 0.29) is 0 Å². The van der Waals surface area contributed by atoms with Gasteiger partial charge in [0, 0.05) is 50.8 Å². The maximum absolute atomic E-state index is 5.43. The number of aromatic nitrogens is 3. The molecule has 1 fully saturated rings. The first-order valence-corrected chi connectivity index (χ1v) is 9.18. The van der Waals surface area contributed by atoms with E-state index in [9.17, 15) is 0 Å². The van der Waals surface area contributed by atoms with Gasteiger partial charge in [-0.2, -0.15) is 0 Å². The summed E-state index contributed by atoms with van der Waals surface area (Å²) in [4.78, 5) is 8.87. The summed E-state index contributed by atoms with van der Waals surface area (Å²) in [5.74, 6) is 0. The van der Waals surface area contributed by atoms with Crippen LogP contribution >= 0.6 is 23.6 Å². The van der Waals surface area contributed by atoms with Crippen molar-refractivity contribution < 1.29 is 0 Å². The van der Waals surface area contributed by atoms with Crippen molar-refractivity contribution in [2.45, 2.75) is 20.0 Å². The first kappa shape index (κ1) is 16.4. The summed E-state index contributed by atoms with van der Waals surface area (Å²) in [5.41, 5.74) is 1.25. The second-order valence-corrected chi connectivity index (χ2v) is 7.17. The van der Waals surface area contributed by atoms with Gasteiger partial charge in [-0.05, 0) is 30.8 Å². The van der Waals surface area contributed by atoms with Crippen molar-refractivity contribution in [3.63, 3.8) is 0 Å². The standard InChI is InChI=1S/C15H22N6S2/c1-2-5-17-14-18-21(15(22)23-14)12-19-8-10-20(11-9-19)13-3-6-16-7-4-13/h3-4,6-7H,2,5,8-12H2,1H3,(H,17,18). The van der Waals surface area contributed by atoms with Crippen LogP contribution < -0.4 is 10.2 Å². The molecule has 0 saturated carbocycles. The lowest BCUT2D eigenvalue weighted by molar-refractivity contribution is 0.195. The molecule has 0 aromatic carbocycles. The van der Waals surface area contributed by atoms with E-state index in [1.165, 1.54) is 5.69 Å². The number of pyridine rings is 1. The molecule has 2 aromatic heterocycles. The number of hydrogen-bond acceptors (Lipinski definition) is 7. The van der Waals surface area contributed by atoms with Gasteiger partial charge in [0.05, 0.1) is 6.67 Å². The van der Waals surface area contributed by atoms with E-state index in [0.717, 1.165) is 54.9 Å². The van der Waals surface area contributed by atoms with E-state index in [4.69, 9.17) is 12.2 Å². The fourth-order valence-electron chi connectivity index (χ4n) is 2.59. The van der Waals surface area contributed by atoms with Gasteiger partial charge in [0.2, 0.25) is 5.13 Å². The van der Waals surface area contributed by atoms with Crippen LogP contribution in [0.2, 0.25) is 0 Å². The molecule has 0 radical (unpaired) electrons. The van der Waals surface area contributed by atoms with Crippen molar-refractivity contribution in [3.8, 4) is 0 Å². The summed E-state index contributed by atoms with van der Waals surface area (Å²) in [6.07, 6.45) is 4.78. The molecule has 0 bridgehead atoms. The highest BCUT2D eigenvalue weighted by atomic mass is 32.1. The number of anilines is 2. The molecule has 0 amide bonds. The van der Waals surface area contributed by atoms with Gasteiger partial charge in [-0.15, -0.1) is 5.10 Å². The SMILES string of the molecule is CCCNc1nn(CN2CCN(c3ccncc3)CC2)c(=S)s1. The second kappa shape index (κ2) is 7.85. The largest absolute Gasteiger partial charge is 0.369 e. The van der Waals surface area contributed by atoms with E-state index in [0.29, 0.717) is 0 Å². The minimum absolute atomic E-state index is 0.771. The van der Waals surface area contributed by atoms with Crippen LogP contribution in [0.1, 0.15) is 13.3 Å². The Morgan fingerprint density at radius 1 is 1.22 bits per heavy atom. The Balaban J connectivity index is 1.55. The maximum atomic E-state index is 5.43. The van der Waals surface area contributed by atoms with Crippen LogP contribution in [-0.2, 0) is 6.67 Å². The van der Waals surface area contributed by atoms with Crippen LogP contribution in [0.4, 0.5) is 10.8 Å². The highest BCUT2D eigenvalue weighted by molar-refractivity contribution is 7.73. The summed E-state index contributed by atoms with van der Waals surface area (Å²) >= 11 is 6.98. The quantitative estimate of drug-likeness (QED) is 0.809. The average Bonchev–Trinajstić information content (AvgIpc) is 2.94. The van der Waals surface area contributed by atoms with Crippen LogP contribution in [0.5, 0.6) is 0 Å². The highest BCUT2D eigenvalue weighted by Crippen LogP contribution is 2.17. The zero-order valence-electron chi connectivity index (χ0n) is 13.3. The molecule has 0 aliphatic carbocycles. The summed E-state index contributed by atoms with van der Waals surface area (Å²) in [6.45, 7) is 7.91. The molecule has 0 spiro atoms. The van der Waals surface area contributed by atoms with Crippen molar-refractivity contribution >= 4 is 34.4 Å². The third-order valence-electron chi connectivity index (χ3n) is 3.87. The molecule has 2 aromatic rings. The summed E-state index contributed by atoms with van der Waals surface area (Å²) in [7, 11) is 0. The topological polar surface area (TPSA) is 49.2 Å². The lowest BCUT2D eigenvalue weighted by Gasteiger charge is -2.35. The van der Waals surface area contributed by atoms with Crippen molar-refractivity contribution in [2.24, 2.45) is 0 Å². The van der Waals surface area contributed by atoms with Crippen LogP contribution in [0.3, 0.4) is 0 Å². The fourth-order valence-corrected chi connectivity index (χ4v) is 3.61. The van der Waals surface area contributed by atoms with E-state index < -0.39 is 0 Å². The van der Waals surface area contributed by atoms with Crippen LogP contribution in [0.25, 0.3) is 0 Å². The maximum Gasteiger partial charge on any atom is 0.204 e. The predicted molar refractivity (Wildman–Crippen MR) is 97.7 cm³/mol. The Labute approximate surface area is 145 Å². The Morgan fingerprint density at radius 2 is 1.96 bits per heavy atom. The average molecular weight is 351 g/mol. The number of nitrogens with one attached hydrogen (secondary N) is 1. The molecule has 6 nitrogen and oxygen atoms in total. The molecular weight excluding hydrogens is 328 g/mol. The molecule has 1 saturated heterocycles. The minimum Gasteiger partial charge on any atom is -0.369 e. The van der Waals surface area contributed by atoms with Crippen molar-refractivity contribution in [3.05, 3.63) is 28.5 Å². The lowest BCUT2D eigenvalue weighted by atomic mass is 10.3. The third kappa shape index (κ3) is 4.27. The van der Waals surface area contributed by atoms with Gasteiger partial charge in [-0.1, -0.05) is 18.3 Å². The highest BCUT2D eigenvalue weighted by Gasteiger charge is 2.18. The van der Waals surface area contributed by atoms with Crippen LogP contribution in [-0.4, -0.2) is 52.4 Å². The smallest absolute Gasteiger partial charge is 0.204 e. The molecule has 0 atom stereocenters. The zero-order valence-corrected chi connectivity index (χ0v) is 14.9. The Kier molecular flexibility index (Phi) is 5.58. The number of rotatable bonds is 6. The first-order valence-electron chi connectivity index (χ1n) is 7.95. The molecule has 0 unspecified atom stereocenters.